The fourth-order valence-corrected chi connectivity index (χ4v) is 1.64. The number of halogens is 3. The second kappa shape index (κ2) is 3.71. The average Bonchev–Trinajstić information content (AvgIpc) is 1.96. The molecule has 1 aromatic carbocycles. The standard InChI is InChI=1S/C7H6F3NS2/c8-7(9,10)13-5-3-1-2-4(12)6(5)11/h1-3,12H,11H2. The Balaban J connectivity index is 2.96. The average molecular weight is 225 g/mol. The van der Waals surface area contributed by atoms with Crippen LogP contribution < -0.4 is 5.73 Å². The van der Waals surface area contributed by atoms with E-state index < -0.39 is 5.51 Å². The molecule has 1 rings (SSSR count). The van der Waals surface area contributed by atoms with Gasteiger partial charge in [-0.1, -0.05) is 6.07 Å². The fourth-order valence-electron chi connectivity index (χ4n) is 0.746. The number of nitrogens with two attached hydrogens (primary N) is 1. The molecule has 0 unspecified atom stereocenters. The van der Waals surface area contributed by atoms with Gasteiger partial charge in [0.1, 0.15) is 0 Å². The van der Waals surface area contributed by atoms with Crippen LogP contribution in [0.15, 0.2) is 28.0 Å². The summed E-state index contributed by atoms with van der Waals surface area (Å²) in [5, 5.41) is 0. The van der Waals surface area contributed by atoms with Gasteiger partial charge in [-0.05, 0) is 23.9 Å². The lowest BCUT2D eigenvalue weighted by Gasteiger charge is -2.08. The van der Waals surface area contributed by atoms with E-state index in [1.807, 2.05) is 0 Å². The Morgan fingerprint density at radius 1 is 1.31 bits per heavy atom. The van der Waals surface area contributed by atoms with Crippen molar-refractivity contribution in [3.05, 3.63) is 18.2 Å². The summed E-state index contributed by atoms with van der Waals surface area (Å²) in [6.07, 6.45) is 0. The Kier molecular flexibility index (Phi) is 3.02. The zero-order valence-electron chi connectivity index (χ0n) is 6.30. The summed E-state index contributed by atoms with van der Waals surface area (Å²) in [4.78, 5) is 0.342. The lowest BCUT2D eigenvalue weighted by Crippen LogP contribution is -2.01. The summed E-state index contributed by atoms with van der Waals surface area (Å²) < 4.78 is 35.8. The molecule has 1 aromatic rings. The minimum Gasteiger partial charge on any atom is -0.397 e. The minimum atomic E-state index is -4.31. The summed E-state index contributed by atoms with van der Waals surface area (Å²) in [5.41, 5.74) is 1.15. The van der Waals surface area contributed by atoms with Crippen molar-refractivity contribution in [2.24, 2.45) is 0 Å². The van der Waals surface area contributed by atoms with Crippen LogP contribution in [0.4, 0.5) is 18.9 Å². The predicted molar refractivity (Wildman–Crippen MR) is 50.0 cm³/mol. The Labute approximate surface area is 82.9 Å². The van der Waals surface area contributed by atoms with E-state index in [-0.39, 0.29) is 22.3 Å². The highest BCUT2D eigenvalue weighted by Gasteiger charge is 2.30. The number of alkyl halides is 3. The summed E-state index contributed by atoms with van der Waals surface area (Å²) in [7, 11) is 0. The van der Waals surface area contributed by atoms with Gasteiger partial charge in [-0.3, -0.25) is 0 Å². The first-order valence-corrected chi connectivity index (χ1v) is 4.50. The number of benzene rings is 1. The van der Waals surface area contributed by atoms with Gasteiger partial charge in [0.25, 0.3) is 0 Å². The van der Waals surface area contributed by atoms with Crippen LogP contribution >= 0.6 is 24.4 Å². The molecule has 0 aliphatic rings. The van der Waals surface area contributed by atoms with E-state index in [1.54, 1.807) is 6.07 Å². The van der Waals surface area contributed by atoms with Gasteiger partial charge in [0.05, 0.1) is 5.69 Å². The number of thiol groups is 1. The number of anilines is 1. The molecular weight excluding hydrogens is 219 g/mol. The molecule has 6 heteroatoms. The maximum atomic E-state index is 11.9. The van der Waals surface area contributed by atoms with Crippen molar-refractivity contribution in [1.29, 1.82) is 0 Å². The highest BCUT2D eigenvalue weighted by atomic mass is 32.2. The number of rotatable bonds is 1. The first-order valence-electron chi connectivity index (χ1n) is 3.23. The van der Waals surface area contributed by atoms with Gasteiger partial charge in [0.2, 0.25) is 0 Å². The minimum absolute atomic E-state index is 0.0139. The second-order valence-corrected chi connectivity index (χ2v) is 3.83. The number of hydrogen-bond acceptors (Lipinski definition) is 3. The summed E-state index contributed by atoms with van der Waals surface area (Å²) in [6.45, 7) is 0. The maximum Gasteiger partial charge on any atom is 0.446 e. The van der Waals surface area contributed by atoms with Crippen molar-refractivity contribution < 1.29 is 13.2 Å². The van der Waals surface area contributed by atoms with Crippen LogP contribution in [0.5, 0.6) is 0 Å². The molecule has 0 bridgehead atoms. The number of nitrogen functional groups attached to an aromatic ring is 1. The first-order chi connectivity index (χ1) is 5.90. The molecule has 2 N–H and O–H groups in total. The highest BCUT2D eigenvalue weighted by molar-refractivity contribution is 8.00. The largest absolute Gasteiger partial charge is 0.446 e. The third kappa shape index (κ3) is 3.04. The van der Waals surface area contributed by atoms with Gasteiger partial charge >= 0.3 is 5.51 Å². The lowest BCUT2D eigenvalue weighted by molar-refractivity contribution is -0.0327. The summed E-state index contributed by atoms with van der Waals surface area (Å²) >= 11 is 3.68. The predicted octanol–water partition coefficient (Wildman–Crippen LogP) is 3.17. The smallest absolute Gasteiger partial charge is 0.397 e. The van der Waals surface area contributed by atoms with Crippen molar-refractivity contribution in [3.8, 4) is 0 Å². The molecular formula is C7H6F3NS2. The Morgan fingerprint density at radius 3 is 2.46 bits per heavy atom. The molecule has 0 heterocycles. The van der Waals surface area contributed by atoms with Crippen LogP contribution in [0.1, 0.15) is 0 Å². The van der Waals surface area contributed by atoms with E-state index in [9.17, 15) is 13.2 Å². The SMILES string of the molecule is Nc1c(S)cccc1SC(F)(F)F. The Hall–Kier alpha value is -0.490. The van der Waals surface area contributed by atoms with Crippen molar-refractivity contribution in [3.63, 3.8) is 0 Å². The molecule has 72 valence electrons. The van der Waals surface area contributed by atoms with E-state index >= 15 is 0 Å². The number of para-hydroxylation sites is 1. The molecule has 0 aliphatic carbocycles. The van der Waals surface area contributed by atoms with E-state index in [0.717, 1.165) is 0 Å². The van der Waals surface area contributed by atoms with E-state index in [1.165, 1.54) is 12.1 Å². The third-order valence-electron chi connectivity index (χ3n) is 1.27. The van der Waals surface area contributed by atoms with Crippen LogP contribution in [0.2, 0.25) is 0 Å². The molecule has 13 heavy (non-hydrogen) atoms. The topological polar surface area (TPSA) is 26.0 Å². The summed E-state index contributed by atoms with van der Waals surface area (Å²) in [5.74, 6) is 0. The Bertz CT molecular complexity index is 311. The van der Waals surface area contributed by atoms with E-state index in [2.05, 4.69) is 12.6 Å². The Morgan fingerprint density at radius 2 is 1.92 bits per heavy atom. The van der Waals surface area contributed by atoms with Crippen LogP contribution in [-0.4, -0.2) is 5.51 Å². The van der Waals surface area contributed by atoms with Gasteiger partial charge in [-0.25, -0.2) is 0 Å². The van der Waals surface area contributed by atoms with Crippen LogP contribution in [-0.2, 0) is 0 Å². The molecule has 0 spiro atoms. The molecule has 0 saturated carbocycles. The van der Waals surface area contributed by atoms with Gasteiger partial charge in [-0.2, -0.15) is 13.2 Å². The summed E-state index contributed by atoms with van der Waals surface area (Å²) in [6, 6.07) is 4.33. The zero-order chi connectivity index (χ0) is 10.1. The van der Waals surface area contributed by atoms with Crippen molar-refractivity contribution in [2.75, 3.05) is 5.73 Å². The van der Waals surface area contributed by atoms with Crippen LogP contribution in [0.3, 0.4) is 0 Å². The van der Waals surface area contributed by atoms with E-state index in [4.69, 9.17) is 5.73 Å². The molecule has 0 saturated heterocycles. The molecule has 0 aliphatic heterocycles. The second-order valence-electron chi connectivity index (χ2n) is 2.24. The van der Waals surface area contributed by atoms with Gasteiger partial charge in [0.15, 0.2) is 0 Å². The zero-order valence-corrected chi connectivity index (χ0v) is 8.01. The first kappa shape index (κ1) is 10.6. The fraction of sp³-hybridized carbons (Fsp3) is 0.143. The highest BCUT2D eigenvalue weighted by Crippen LogP contribution is 2.40. The van der Waals surface area contributed by atoms with Gasteiger partial charge in [0, 0.05) is 9.79 Å². The van der Waals surface area contributed by atoms with Gasteiger partial charge < -0.3 is 5.73 Å². The van der Waals surface area contributed by atoms with Crippen molar-refractivity contribution in [2.45, 2.75) is 15.3 Å². The van der Waals surface area contributed by atoms with Crippen molar-refractivity contribution >= 4 is 30.1 Å². The molecule has 0 amide bonds. The van der Waals surface area contributed by atoms with Crippen LogP contribution in [0, 0.1) is 0 Å². The van der Waals surface area contributed by atoms with Gasteiger partial charge in [-0.15, -0.1) is 12.6 Å². The normalized spacial score (nSPS) is 11.7. The molecule has 0 aromatic heterocycles. The third-order valence-corrected chi connectivity index (χ3v) is 2.47. The molecule has 0 fully saturated rings. The lowest BCUT2D eigenvalue weighted by atomic mass is 10.3. The van der Waals surface area contributed by atoms with Crippen molar-refractivity contribution in [1.82, 2.24) is 0 Å². The molecule has 1 nitrogen and oxygen atoms in total. The number of thioether (sulfide) groups is 1. The number of hydrogen-bond donors (Lipinski definition) is 2. The molecule has 0 atom stereocenters. The van der Waals surface area contributed by atoms with E-state index in [0.29, 0.717) is 4.90 Å². The van der Waals surface area contributed by atoms with Crippen LogP contribution in [0.25, 0.3) is 0 Å². The monoisotopic (exact) mass is 225 g/mol. The maximum absolute atomic E-state index is 11.9. The quantitative estimate of drug-likeness (QED) is 0.436. The molecule has 0 radical (unpaired) electrons.